The van der Waals surface area contributed by atoms with Crippen LogP contribution in [0.4, 0.5) is 0 Å². The molecule has 0 saturated carbocycles. The van der Waals surface area contributed by atoms with E-state index in [0.717, 1.165) is 44.3 Å². The standard InChI is InChI=1S/C20H31N5O2/c21-20(22)23-11-5-7-13-24-12-6-4-10-18(26)15-25(19(27)16-24)14-17-8-2-1-3-9-17/h1-3,8-9H,4-7,10-16H2,(H4,21,22,23). The first-order valence-corrected chi connectivity index (χ1v) is 9.68. The number of nitrogens with one attached hydrogen (secondary N) is 2. The van der Waals surface area contributed by atoms with E-state index in [1.807, 2.05) is 30.3 Å². The second-order valence-electron chi connectivity index (χ2n) is 7.05. The molecule has 0 atom stereocenters. The molecule has 7 heteroatoms. The van der Waals surface area contributed by atoms with Crippen molar-refractivity contribution in [3.05, 3.63) is 35.9 Å². The Bertz CT molecular complexity index is 620. The lowest BCUT2D eigenvalue weighted by Gasteiger charge is -2.28. The fraction of sp³-hybridized carbons (Fsp3) is 0.550. The maximum atomic E-state index is 12.8. The molecule has 27 heavy (non-hydrogen) atoms. The van der Waals surface area contributed by atoms with Crippen LogP contribution in [0.3, 0.4) is 0 Å². The first kappa shape index (κ1) is 20.9. The molecule has 1 aromatic carbocycles. The van der Waals surface area contributed by atoms with Gasteiger partial charge in [0.05, 0.1) is 13.1 Å². The average Bonchev–Trinajstić information content (AvgIpc) is 2.64. The van der Waals surface area contributed by atoms with Crippen LogP contribution in [0.15, 0.2) is 30.3 Å². The lowest BCUT2D eigenvalue weighted by molar-refractivity contribution is -0.137. The Morgan fingerprint density at radius 2 is 1.89 bits per heavy atom. The molecular weight excluding hydrogens is 342 g/mol. The molecule has 0 unspecified atom stereocenters. The van der Waals surface area contributed by atoms with E-state index in [4.69, 9.17) is 11.1 Å². The first-order chi connectivity index (χ1) is 13.0. The first-order valence-electron chi connectivity index (χ1n) is 9.68. The van der Waals surface area contributed by atoms with E-state index in [-0.39, 0.29) is 24.2 Å². The maximum Gasteiger partial charge on any atom is 0.237 e. The highest BCUT2D eigenvalue weighted by molar-refractivity contribution is 5.87. The van der Waals surface area contributed by atoms with Crippen molar-refractivity contribution < 1.29 is 9.59 Å². The summed E-state index contributed by atoms with van der Waals surface area (Å²) in [4.78, 5) is 28.9. The number of amides is 1. The molecule has 1 aromatic rings. The van der Waals surface area contributed by atoms with Crippen molar-refractivity contribution in [1.82, 2.24) is 15.1 Å². The maximum absolute atomic E-state index is 12.8. The van der Waals surface area contributed by atoms with E-state index < -0.39 is 0 Å². The topological polar surface area (TPSA) is 103 Å². The van der Waals surface area contributed by atoms with Gasteiger partial charge in [0.15, 0.2) is 11.7 Å². The molecule has 1 aliphatic rings. The van der Waals surface area contributed by atoms with Gasteiger partial charge in [-0.05, 0) is 44.3 Å². The predicted molar refractivity (Wildman–Crippen MR) is 106 cm³/mol. The Morgan fingerprint density at radius 3 is 2.63 bits per heavy atom. The number of rotatable bonds is 7. The van der Waals surface area contributed by atoms with E-state index in [2.05, 4.69) is 10.2 Å². The molecule has 0 aromatic heterocycles. The van der Waals surface area contributed by atoms with Crippen molar-refractivity contribution in [2.75, 3.05) is 32.7 Å². The summed E-state index contributed by atoms with van der Waals surface area (Å²) < 4.78 is 0. The summed E-state index contributed by atoms with van der Waals surface area (Å²) in [5.41, 5.74) is 6.32. The van der Waals surface area contributed by atoms with Crippen molar-refractivity contribution >= 4 is 17.6 Å². The van der Waals surface area contributed by atoms with E-state index in [1.165, 1.54) is 0 Å². The normalized spacial score (nSPS) is 17.0. The molecular formula is C20H31N5O2. The minimum Gasteiger partial charge on any atom is -0.370 e. The SMILES string of the molecule is N=C(N)NCCCCN1CCCCC(=O)CN(Cc2ccccc2)C(=O)C1. The molecule has 1 aliphatic heterocycles. The number of ketones is 1. The number of hydrogen-bond acceptors (Lipinski definition) is 4. The highest BCUT2D eigenvalue weighted by Gasteiger charge is 2.21. The van der Waals surface area contributed by atoms with Gasteiger partial charge in [-0.1, -0.05) is 30.3 Å². The van der Waals surface area contributed by atoms with Crippen LogP contribution in [0, 0.1) is 5.41 Å². The Morgan fingerprint density at radius 1 is 1.11 bits per heavy atom. The van der Waals surface area contributed by atoms with Gasteiger partial charge in [-0.25, -0.2) is 0 Å². The third kappa shape index (κ3) is 8.21. The van der Waals surface area contributed by atoms with Gasteiger partial charge in [0.1, 0.15) is 0 Å². The molecule has 0 bridgehead atoms. The number of unbranched alkanes of at least 4 members (excludes halogenated alkanes) is 1. The molecule has 7 nitrogen and oxygen atoms in total. The predicted octanol–water partition coefficient (Wildman–Crippen LogP) is 1.33. The van der Waals surface area contributed by atoms with Crippen LogP contribution >= 0.6 is 0 Å². The van der Waals surface area contributed by atoms with Crippen LogP contribution in [0.2, 0.25) is 0 Å². The summed E-state index contributed by atoms with van der Waals surface area (Å²) in [5, 5.41) is 9.96. The fourth-order valence-electron chi connectivity index (χ4n) is 3.23. The molecule has 1 fully saturated rings. The van der Waals surface area contributed by atoms with Crippen LogP contribution in [-0.4, -0.2) is 60.2 Å². The van der Waals surface area contributed by atoms with Gasteiger partial charge in [-0.3, -0.25) is 19.9 Å². The number of Topliss-reactive ketones (excluding diaryl/α,β-unsaturated/α-hetero) is 1. The van der Waals surface area contributed by atoms with Crippen LogP contribution in [0.5, 0.6) is 0 Å². The van der Waals surface area contributed by atoms with Crippen LogP contribution in [-0.2, 0) is 16.1 Å². The Labute approximate surface area is 161 Å². The lowest BCUT2D eigenvalue weighted by atomic mass is 10.1. The van der Waals surface area contributed by atoms with E-state index in [0.29, 0.717) is 26.1 Å². The van der Waals surface area contributed by atoms with Crippen LogP contribution in [0.25, 0.3) is 0 Å². The number of guanidine groups is 1. The number of carbonyl (C=O) groups is 2. The number of carbonyl (C=O) groups excluding carboxylic acids is 2. The van der Waals surface area contributed by atoms with Crippen molar-refractivity contribution in [2.45, 2.75) is 38.6 Å². The monoisotopic (exact) mass is 373 g/mol. The average molecular weight is 374 g/mol. The molecule has 0 spiro atoms. The highest BCUT2D eigenvalue weighted by atomic mass is 16.2. The third-order valence-corrected chi connectivity index (χ3v) is 4.69. The van der Waals surface area contributed by atoms with Gasteiger partial charge < -0.3 is 16.0 Å². The number of nitrogens with two attached hydrogens (primary N) is 1. The smallest absolute Gasteiger partial charge is 0.237 e. The summed E-state index contributed by atoms with van der Waals surface area (Å²) in [7, 11) is 0. The third-order valence-electron chi connectivity index (χ3n) is 4.69. The van der Waals surface area contributed by atoms with E-state index in [9.17, 15) is 9.59 Å². The van der Waals surface area contributed by atoms with Gasteiger partial charge in [0, 0.05) is 19.5 Å². The van der Waals surface area contributed by atoms with Crippen LogP contribution < -0.4 is 11.1 Å². The van der Waals surface area contributed by atoms with E-state index >= 15 is 0 Å². The van der Waals surface area contributed by atoms with Crippen molar-refractivity contribution in [1.29, 1.82) is 5.41 Å². The van der Waals surface area contributed by atoms with Gasteiger partial charge in [0.2, 0.25) is 5.91 Å². The highest BCUT2D eigenvalue weighted by Crippen LogP contribution is 2.10. The molecule has 0 radical (unpaired) electrons. The summed E-state index contributed by atoms with van der Waals surface area (Å²) in [5.74, 6) is 0.143. The van der Waals surface area contributed by atoms with Gasteiger partial charge >= 0.3 is 0 Å². The molecule has 1 saturated heterocycles. The molecule has 2 rings (SSSR count). The number of nitrogens with zero attached hydrogens (tertiary/aromatic N) is 2. The quantitative estimate of drug-likeness (QED) is 0.380. The van der Waals surface area contributed by atoms with Gasteiger partial charge in [0.25, 0.3) is 0 Å². The fourth-order valence-corrected chi connectivity index (χ4v) is 3.23. The van der Waals surface area contributed by atoms with Crippen LogP contribution in [0.1, 0.15) is 37.7 Å². The zero-order chi connectivity index (χ0) is 19.5. The number of hydrogen-bond donors (Lipinski definition) is 3. The Kier molecular flexibility index (Phi) is 8.77. The molecule has 148 valence electrons. The summed E-state index contributed by atoms with van der Waals surface area (Å²) in [6.45, 7) is 3.36. The zero-order valence-corrected chi connectivity index (χ0v) is 16.0. The summed E-state index contributed by atoms with van der Waals surface area (Å²) >= 11 is 0. The Hall–Kier alpha value is -2.41. The summed E-state index contributed by atoms with van der Waals surface area (Å²) in [6.07, 6.45) is 4.18. The van der Waals surface area contributed by atoms with Gasteiger partial charge in [-0.2, -0.15) is 0 Å². The van der Waals surface area contributed by atoms with Crippen molar-refractivity contribution in [3.63, 3.8) is 0 Å². The summed E-state index contributed by atoms with van der Waals surface area (Å²) in [6, 6.07) is 9.81. The van der Waals surface area contributed by atoms with Crippen molar-refractivity contribution in [3.8, 4) is 0 Å². The second-order valence-corrected chi connectivity index (χ2v) is 7.05. The lowest BCUT2D eigenvalue weighted by Crippen LogP contribution is -2.43. The van der Waals surface area contributed by atoms with E-state index in [1.54, 1.807) is 4.90 Å². The minimum absolute atomic E-state index is 0.00889. The molecule has 4 N–H and O–H groups in total. The largest absolute Gasteiger partial charge is 0.370 e. The second kappa shape index (κ2) is 11.3. The van der Waals surface area contributed by atoms with Gasteiger partial charge in [-0.15, -0.1) is 0 Å². The molecule has 1 amide bonds. The molecule has 0 aliphatic carbocycles. The van der Waals surface area contributed by atoms with Crippen molar-refractivity contribution in [2.24, 2.45) is 5.73 Å². The number of benzene rings is 1. The zero-order valence-electron chi connectivity index (χ0n) is 16.0. The molecule has 1 heterocycles. The Balaban J connectivity index is 1.92. The minimum atomic E-state index is -0.00889.